The summed E-state index contributed by atoms with van der Waals surface area (Å²) in [5.74, 6) is -1.61. The monoisotopic (exact) mass is 1650 g/mol. The number of hydrogen-bond acceptors (Lipinski definition) is 14. The second kappa shape index (κ2) is 88.2. The molecule has 658 valence electrons. The second-order valence-electron chi connectivity index (χ2n) is 30.0. The first kappa shape index (κ1) is 110. The first-order valence-electron chi connectivity index (χ1n) is 45.4. The summed E-state index contributed by atoms with van der Waals surface area (Å²) in [5, 5.41) is 20.7. The largest absolute Gasteiger partial charge is 0.472 e. The number of rotatable bonds is 85. The Morgan fingerprint density at radius 1 is 0.252 bits per heavy atom. The molecule has 0 aromatic rings. The molecule has 0 aromatic carbocycles. The maximum atomic E-state index is 13.0. The van der Waals surface area contributed by atoms with Crippen LogP contribution in [0.1, 0.15) is 367 Å². The van der Waals surface area contributed by atoms with Gasteiger partial charge in [0, 0.05) is 19.3 Å². The smallest absolute Gasteiger partial charge is 0.463 e. The van der Waals surface area contributed by atoms with Gasteiger partial charge >= 0.3 is 33.6 Å². The molecular formula is C97H164O16P2. The average molecular weight is 1650 g/mol. The number of hydrogen-bond donors (Lipinski definition) is 4. The molecule has 0 saturated heterocycles. The van der Waals surface area contributed by atoms with Crippen LogP contribution < -0.4 is 0 Å². The van der Waals surface area contributed by atoms with Crippen LogP contribution >= 0.6 is 15.6 Å². The Morgan fingerprint density at radius 3 is 0.730 bits per heavy atom. The van der Waals surface area contributed by atoms with E-state index >= 15 is 0 Å². The van der Waals surface area contributed by atoms with Crippen molar-refractivity contribution in [3.8, 4) is 0 Å². The number of esters is 3. The van der Waals surface area contributed by atoms with Gasteiger partial charge in [-0.25, -0.2) is 9.13 Å². The lowest BCUT2D eigenvalue weighted by molar-refractivity contribution is -0.161. The minimum atomic E-state index is -4.95. The number of carbonyl (C=O) groups excluding carboxylic acids is 3. The SMILES string of the molecule is CC/C=C\C/C=C\C/C=C\C/C=C\C/C=C\C/C=C\CCCCCCCCCCC(=O)OCC(COP(=O)(O)OCC(O)COP(=O)(O)OCC(O)COC(=O)CCCCCCCCCCCCCCCCCCCCC/C=C\C/C=C\C/C=C\C/C=C\CCCCC)OC(=O)CCCCCC/C=C\C/C=C\C/C=C\C/C=C\CC. The van der Waals surface area contributed by atoms with E-state index in [1.54, 1.807) is 0 Å². The van der Waals surface area contributed by atoms with Crippen molar-refractivity contribution in [1.29, 1.82) is 0 Å². The molecule has 0 fully saturated rings. The van der Waals surface area contributed by atoms with Crippen LogP contribution in [-0.4, -0.2) is 95.9 Å². The van der Waals surface area contributed by atoms with Crippen LogP contribution in [0.25, 0.3) is 0 Å². The number of phosphoric acid groups is 2. The molecule has 0 bridgehead atoms. The maximum Gasteiger partial charge on any atom is 0.472 e. The highest BCUT2D eigenvalue weighted by Gasteiger charge is 2.29. The van der Waals surface area contributed by atoms with Crippen molar-refractivity contribution >= 4 is 33.6 Å². The van der Waals surface area contributed by atoms with E-state index in [9.17, 15) is 43.5 Å². The molecule has 0 saturated carbocycles. The van der Waals surface area contributed by atoms with E-state index in [4.69, 9.17) is 32.3 Å². The van der Waals surface area contributed by atoms with Crippen molar-refractivity contribution in [2.75, 3.05) is 39.6 Å². The van der Waals surface area contributed by atoms with Crippen LogP contribution in [0.15, 0.2) is 170 Å². The molecule has 0 radical (unpaired) electrons. The van der Waals surface area contributed by atoms with Gasteiger partial charge < -0.3 is 34.2 Å². The van der Waals surface area contributed by atoms with Crippen LogP contribution in [0, 0.1) is 0 Å². The number of unbranched alkanes of at least 4 members (excludes halogenated alkanes) is 34. The van der Waals surface area contributed by atoms with Gasteiger partial charge in [0.25, 0.3) is 0 Å². The highest BCUT2D eigenvalue weighted by Crippen LogP contribution is 2.45. The second-order valence-corrected chi connectivity index (χ2v) is 32.9. The number of ether oxygens (including phenoxy) is 3. The molecule has 16 nitrogen and oxygen atoms in total. The summed E-state index contributed by atoms with van der Waals surface area (Å²) in [4.78, 5) is 58.9. The number of phosphoric ester groups is 2. The van der Waals surface area contributed by atoms with Gasteiger partial charge in [0.15, 0.2) is 6.10 Å². The zero-order valence-electron chi connectivity index (χ0n) is 72.4. The normalized spacial score (nSPS) is 14.6. The summed E-state index contributed by atoms with van der Waals surface area (Å²) in [7, 11) is -9.82. The van der Waals surface area contributed by atoms with E-state index in [0.29, 0.717) is 19.3 Å². The van der Waals surface area contributed by atoms with Crippen molar-refractivity contribution in [2.45, 2.75) is 386 Å². The van der Waals surface area contributed by atoms with E-state index in [-0.39, 0.29) is 19.3 Å². The fourth-order valence-corrected chi connectivity index (χ4v) is 13.7. The summed E-state index contributed by atoms with van der Waals surface area (Å²) >= 11 is 0. The quantitative estimate of drug-likeness (QED) is 0.0146. The molecule has 4 N–H and O–H groups in total. The zero-order chi connectivity index (χ0) is 83.6. The van der Waals surface area contributed by atoms with Gasteiger partial charge in [-0.15, -0.1) is 0 Å². The molecule has 0 aromatic heterocycles. The highest BCUT2D eigenvalue weighted by atomic mass is 31.2. The topological polar surface area (TPSA) is 231 Å². The van der Waals surface area contributed by atoms with Crippen molar-refractivity contribution in [3.63, 3.8) is 0 Å². The molecule has 0 rings (SSSR count). The van der Waals surface area contributed by atoms with Crippen LogP contribution in [0.4, 0.5) is 0 Å². The summed E-state index contributed by atoms with van der Waals surface area (Å²) in [6.07, 6.45) is 114. The Hall–Kier alpha value is -5.09. The molecule has 0 heterocycles. The lowest BCUT2D eigenvalue weighted by Gasteiger charge is -2.21. The van der Waals surface area contributed by atoms with Gasteiger partial charge in [-0.2, -0.15) is 0 Å². The third-order valence-electron chi connectivity index (χ3n) is 18.9. The Balaban J connectivity index is 4.50. The summed E-state index contributed by atoms with van der Waals surface area (Å²) in [6.45, 7) is 2.41. The molecule has 115 heavy (non-hydrogen) atoms. The fraction of sp³-hybridized carbons (Fsp3) is 0.680. The molecule has 18 heteroatoms. The predicted octanol–water partition coefficient (Wildman–Crippen LogP) is 27.9. The maximum absolute atomic E-state index is 13.0. The lowest BCUT2D eigenvalue weighted by Crippen LogP contribution is -2.30. The first-order valence-corrected chi connectivity index (χ1v) is 48.4. The van der Waals surface area contributed by atoms with Crippen LogP contribution in [0.2, 0.25) is 0 Å². The lowest BCUT2D eigenvalue weighted by atomic mass is 10.0. The van der Waals surface area contributed by atoms with Gasteiger partial charge in [-0.1, -0.05) is 364 Å². The molecule has 5 atom stereocenters. The van der Waals surface area contributed by atoms with E-state index in [1.807, 2.05) is 0 Å². The zero-order valence-corrected chi connectivity index (χ0v) is 74.2. The molecular weight excluding hydrogens is 1480 g/mol. The van der Waals surface area contributed by atoms with E-state index in [1.165, 1.54) is 135 Å². The summed E-state index contributed by atoms with van der Waals surface area (Å²) < 4.78 is 61.4. The third-order valence-corrected chi connectivity index (χ3v) is 20.8. The first-order chi connectivity index (χ1) is 56.2. The molecule has 0 amide bonds. The Labute approximate surface area is 701 Å². The minimum absolute atomic E-state index is 0.0696. The third kappa shape index (κ3) is 89.5. The number of carbonyl (C=O) groups is 3. The number of aliphatic hydroxyl groups is 2. The molecule has 0 aliphatic heterocycles. The summed E-state index contributed by atoms with van der Waals surface area (Å²) in [6, 6.07) is 0. The van der Waals surface area contributed by atoms with Crippen LogP contribution in [0.5, 0.6) is 0 Å². The molecule has 0 aliphatic carbocycles. The molecule has 0 aliphatic rings. The highest BCUT2D eigenvalue weighted by molar-refractivity contribution is 7.47. The molecule has 5 unspecified atom stereocenters. The predicted molar refractivity (Wildman–Crippen MR) is 482 cm³/mol. The van der Waals surface area contributed by atoms with Gasteiger partial charge in [0.1, 0.15) is 25.4 Å². The van der Waals surface area contributed by atoms with Gasteiger partial charge in [-0.3, -0.25) is 32.5 Å². The van der Waals surface area contributed by atoms with E-state index in [0.717, 1.165) is 173 Å². The average Bonchev–Trinajstić information content (AvgIpc) is 0.872. The van der Waals surface area contributed by atoms with Gasteiger partial charge in [-0.05, 0) is 154 Å². The van der Waals surface area contributed by atoms with Crippen LogP contribution in [-0.2, 0) is 55.8 Å². The fourth-order valence-electron chi connectivity index (χ4n) is 12.1. The minimum Gasteiger partial charge on any atom is -0.463 e. The summed E-state index contributed by atoms with van der Waals surface area (Å²) in [5.41, 5.74) is 0. The van der Waals surface area contributed by atoms with E-state index < -0.39 is 91.5 Å². The molecule has 0 spiro atoms. The van der Waals surface area contributed by atoms with Crippen molar-refractivity contribution in [2.24, 2.45) is 0 Å². The van der Waals surface area contributed by atoms with E-state index in [2.05, 4.69) is 191 Å². The Morgan fingerprint density at radius 2 is 0.461 bits per heavy atom. The van der Waals surface area contributed by atoms with Gasteiger partial charge in [0.2, 0.25) is 0 Å². The standard InChI is InChI=1S/C97H164O16P2/c1-4-7-10-13-16-19-22-25-28-31-33-35-37-39-41-42-43-44-45-46-47-48-50-52-53-55-57-60-62-65-68-71-74-77-80-83-95(100)107-86-92(98)87-109-114(103,104)110-88-93(99)89-111-115(105,106)112-91-94(113-97(102)85-82-79-76-73-70-67-64-59-30-27-24-21-18-15-12-9-6-3)90-108-96(101)84-81-78-75-72-69-66-63-61-58-56-54-51-49-40-38-36-34-32-29-26-23-20-17-14-11-8-5-2/h8-9,11-12,16-21,25-30,33-36,39-41,49,54,56,64,67,92-94,98-99H,4-7,10,13-15,22-24,31-32,37-38,42-48,50-53,55,57-63,65-66,68-91H2,1-3H3,(H,103,104)(H,105,106)/b11-8-,12-9-,19-16-,20-17-,21-18-,28-25-,29-26-,30-27-,35-33-,36-34-,41-39-,49-40-,56-54-,67-64-. The van der Waals surface area contributed by atoms with Crippen molar-refractivity contribution < 1.29 is 75.8 Å². The number of allylic oxidation sites excluding steroid dienone is 28. The Kier molecular flexibility index (Phi) is 84.3. The van der Waals surface area contributed by atoms with Crippen LogP contribution in [0.3, 0.4) is 0 Å². The Bertz CT molecular complexity index is 2770. The van der Waals surface area contributed by atoms with Crippen molar-refractivity contribution in [3.05, 3.63) is 170 Å². The number of aliphatic hydroxyl groups excluding tert-OH is 2. The van der Waals surface area contributed by atoms with Gasteiger partial charge in [0.05, 0.1) is 26.4 Å². The van der Waals surface area contributed by atoms with Crippen molar-refractivity contribution in [1.82, 2.24) is 0 Å².